The second kappa shape index (κ2) is 5.50. The molecule has 0 heterocycles. The molecule has 0 aliphatic heterocycles. The molecule has 1 unspecified atom stereocenters. The third-order valence-electron chi connectivity index (χ3n) is 1.43. The summed E-state index contributed by atoms with van der Waals surface area (Å²) in [6, 6.07) is 0. The van der Waals surface area contributed by atoms with Crippen LogP contribution in [0.5, 0.6) is 0 Å². The summed E-state index contributed by atoms with van der Waals surface area (Å²) in [5, 5.41) is 8.75. The molecule has 2 atom stereocenters. The number of aliphatic hydroxyl groups excluding tert-OH is 1. The summed E-state index contributed by atoms with van der Waals surface area (Å²) in [6.45, 7) is 3.22. The molecule has 0 aliphatic rings. The molecule has 0 spiro atoms. The van der Waals surface area contributed by atoms with E-state index in [-0.39, 0.29) is 29.6 Å². The van der Waals surface area contributed by atoms with Gasteiger partial charge in [-0.15, -0.1) is 0 Å². The fourth-order valence-corrected chi connectivity index (χ4v) is 1.25. The van der Waals surface area contributed by atoms with Gasteiger partial charge in [0.25, 0.3) is 0 Å². The standard InChI is InChI=1S/C5H12O4S.Na/c1-3-4(2)5(6)10(7,8)9;/h4-6H,3H2,1-2H3,(H,7,8,9);/q;+1/p-1/t4-,5?;/m1./s1. The van der Waals surface area contributed by atoms with Gasteiger partial charge in [-0.2, -0.15) is 0 Å². The summed E-state index contributed by atoms with van der Waals surface area (Å²) >= 11 is 0. The molecule has 0 aromatic carbocycles. The van der Waals surface area contributed by atoms with E-state index in [4.69, 9.17) is 5.11 Å². The van der Waals surface area contributed by atoms with Crippen LogP contribution < -0.4 is 29.6 Å². The van der Waals surface area contributed by atoms with Crippen molar-refractivity contribution in [3.05, 3.63) is 0 Å². The topological polar surface area (TPSA) is 77.4 Å². The monoisotopic (exact) mass is 190 g/mol. The molecule has 4 nitrogen and oxygen atoms in total. The van der Waals surface area contributed by atoms with E-state index in [2.05, 4.69) is 0 Å². The fourth-order valence-electron chi connectivity index (χ4n) is 0.486. The van der Waals surface area contributed by atoms with Crippen LogP contribution in [0.15, 0.2) is 0 Å². The van der Waals surface area contributed by atoms with Crippen molar-refractivity contribution in [1.82, 2.24) is 0 Å². The Morgan fingerprint density at radius 3 is 2.00 bits per heavy atom. The Bertz CT molecular complexity index is 189. The van der Waals surface area contributed by atoms with Gasteiger partial charge in [0, 0.05) is 0 Å². The van der Waals surface area contributed by atoms with Crippen molar-refractivity contribution in [2.75, 3.05) is 0 Å². The van der Waals surface area contributed by atoms with Gasteiger partial charge in [0.1, 0.15) is 15.6 Å². The normalized spacial score (nSPS) is 16.7. The van der Waals surface area contributed by atoms with Gasteiger partial charge in [0.15, 0.2) is 0 Å². The minimum absolute atomic E-state index is 0. The SMILES string of the molecule is CC[C@@H](C)C(O)S(=O)(=O)[O-].[Na+]. The van der Waals surface area contributed by atoms with Gasteiger partial charge in [0.05, 0.1) is 0 Å². The number of aliphatic hydroxyl groups is 1. The molecule has 1 N–H and O–H groups in total. The smallest absolute Gasteiger partial charge is 0.746 e. The zero-order valence-corrected chi connectivity index (χ0v) is 9.76. The number of hydrogen-bond acceptors (Lipinski definition) is 4. The zero-order valence-electron chi connectivity index (χ0n) is 6.94. The van der Waals surface area contributed by atoms with Crippen molar-refractivity contribution in [1.29, 1.82) is 0 Å². The van der Waals surface area contributed by atoms with Gasteiger partial charge < -0.3 is 9.66 Å². The molecule has 0 saturated heterocycles. The number of hydrogen-bond donors (Lipinski definition) is 1. The Morgan fingerprint density at radius 1 is 1.55 bits per heavy atom. The predicted molar refractivity (Wildman–Crippen MR) is 35.2 cm³/mol. The average molecular weight is 190 g/mol. The molecule has 0 amide bonds. The summed E-state index contributed by atoms with van der Waals surface area (Å²) in [7, 11) is -4.51. The van der Waals surface area contributed by atoms with Crippen molar-refractivity contribution in [3.63, 3.8) is 0 Å². The van der Waals surface area contributed by atoms with Crippen molar-refractivity contribution in [3.8, 4) is 0 Å². The van der Waals surface area contributed by atoms with Crippen LogP contribution in [0.1, 0.15) is 20.3 Å². The summed E-state index contributed by atoms with van der Waals surface area (Å²) in [6.07, 6.45) is 0.475. The van der Waals surface area contributed by atoms with Crippen LogP contribution in [0.25, 0.3) is 0 Å². The second-order valence-corrected chi connectivity index (χ2v) is 3.74. The summed E-state index contributed by atoms with van der Waals surface area (Å²) in [4.78, 5) is 0. The van der Waals surface area contributed by atoms with Gasteiger partial charge in [-0.25, -0.2) is 8.42 Å². The first-order chi connectivity index (χ1) is 4.39. The molecule has 0 aromatic rings. The van der Waals surface area contributed by atoms with E-state index in [9.17, 15) is 13.0 Å². The average Bonchev–Trinajstić information content (AvgIpc) is 1.83. The quantitative estimate of drug-likeness (QED) is 0.378. The summed E-state index contributed by atoms with van der Waals surface area (Å²) < 4.78 is 30.4. The minimum Gasteiger partial charge on any atom is -0.746 e. The van der Waals surface area contributed by atoms with Crippen LogP contribution in [0.2, 0.25) is 0 Å². The van der Waals surface area contributed by atoms with Gasteiger partial charge in [-0.05, 0) is 5.92 Å². The maximum Gasteiger partial charge on any atom is 1.00 e. The predicted octanol–water partition coefficient (Wildman–Crippen LogP) is -3.10. The first-order valence-electron chi connectivity index (χ1n) is 3.02. The van der Waals surface area contributed by atoms with Crippen LogP contribution in [0.4, 0.5) is 0 Å². The molecule has 11 heavy (non-hydrogen) atoms. The van der Waals surface area contributed by atoms with Crippen LogP contribution >= 0.6 is 0 Å². The Labute approximate surface area is 89.0 Å². The molecule has 0 saturated carbocycles. The Morgan fingerprint density at radius 2 is 1.91 bits per heavy atom. The van der Waals surface area contributed by atoms with Gasteiger partial charge in [0.2, 0.25) is 0 Å². The van der Waals surface area contributed by atoms with E-state index in [1.54, 1.807) is 6.92 Å². The first kappa shape index (κ1) is 14.4. The van der Waals surface area contributed by atoms with E-state index in [0.717, 1.165) is 0 Å². The molecule has 0 fully saturated rings. The first-order valence-corrected chi connectivity index (χ1v) is 4.49. The third-order valence-corrected chi connectivity index (χ3v) is 2.48. The van der Waals surface area contributed by atoms with Crippen molar-refractivity contribution in [2.45, 2.75) is 25.7 Å². The molecule has 0 radical (unpaired) electrons. The van der Waals surface area contributed by atoms with Crippen LogP contribution in [0.3, 0.4) is 0 Å². The maximum absolute atomic E-state index is 10.1. The van der Waals surface area contributed by atoms with Crippen molar-refractivity contribution < 1.29 is 47.6 Å². The Kier molecular flexibility index (Phi) is 7.20. The van der Waals surface area contributed by atoms with Crippen LogP contribution in [-0.4, -0.2) is 23.5 Å². The van der Waals surface area contributed by atoms with Gasteiger partial charge in [-0.1, -0.05) is 20.3 Å². The van der Waals surface area contributed by atoms with Gasteiger partial charge >= 0.3 is 29.6 Å². The molecule has 6 heteroatoms. The molecule has 0 aliphatic carbocycles. The minimum atomic E-state index is -4.51. The molecular formula is C5H11NaO4S. The van der Waals surface area contributed by atoms with Gasteiger partial charge in [-0.3, -0.25) is 0 Å². The van der Waals surface area contributed by atoms with E-state index in [1.165, 1.54) is 6.92 Å². The Hall–Kier alpha value is 0.870. The van der Waals surface area contributed by atoms with E-state index in [1.807, 2.05) is 0 Å². The Balaban J connectivity index is 0. The third kappa shape index (κ3) is 5.16. The second-order valence-electron chi connectivity index (χ2n) is 2.27. The van der Waals surface area contributed by atoms with Crippen LogP contribution in [0, 0.1) is 5.92 Å². The largest absolute Gasteiger partial charge is 1.00 e. The fraction of sp³-hybridized carbons (Fsp3) is 1.00. The summed E-state index contributed by atoms with van der Waals surface area (Å²) in [5.41, 5.74) is -1.75. The van der Waals surface area contributed by atoms with E-state index < -0.39 is 21.5 Å². The van der Waals surface area contributed by atoms with E-state index >= 15 is 0 Å². The molecule has 62 valence electrons. The molecule has 0 rings (SSSR count). The zero-order chi connectivity index (χ0) is 8.36. The van der Waals surface area contributed by atoms with E-state index in [0.29, 0.717) is 6.42 Å². The molecule has 0 aromatic heterocycles. The maximum atomic E-state index is 10.1. The summed E-state index contributed by atoms with van der Waals surface area (Å²) in [5.74, 6) is -0.484. The molecule has 0 bridgehead atoms. The van der Waals surface area contributed by atoms with Crippen molar-refractivity contribution in [2.24, 2.45) is 5.92 Å². The van der Waals surface area contributed by atoms with Crippen LogP contribution in [-0.2, 0) is 10.1 Å². The molecular weight excluding hydrogens is 179 g/mol. The number of rotatable bonds is 3. The van der Waals surface area contributed by atoms with Crippen molar-refractivity contribution >= 4 is 10.1 Å².